The molecule has 0 unspecified atom stereocenters. The van der Waals surface area contributed by atoms with Gasteiger partial charge in [0.2, 0.25) is 0 Å². The first-order valence-electron chi connectivity index (χ1n) is 7.67. The van der Waals surface area contributed by atoms with Crippen LogP contribution in [-0.2, 0) is 5.33 Å². The molecular formula is C17H22BrNO. The van der Waals surface area contributed by atoms with Gasteiger partial charge in [-0.1, -0.05) is 40.9 Å². The van der Waals surface area contributed by atoms with E-state index in [1.54, 1.807) is 0 Å². The van der Waals surface area contributed by atoms with Crippen LogP contribution >= 0.6 is 15.9 Å². The van der Waals surface area contributed by atoms with Crippen LogP contribution in [0, 0.1) is 5.41 Å². The third kappa shape index (κ3) is 2.78. The fourth-order valence-electron chi connectivity index (χ4n) is 3.73. The lowest BCUT2D eigenvalue weighted by Gasteiger charge is -2.39. The summed E-state index contributed by atoms with van der Waals surface area (Å²) in [5.41, 5.74) is 2.62. The number of hydrogen-bond donors (Lipinski definition) is 0. The normalized spacial score (nSPS) is 21.4. The minimum atomic E-state index is 0.207. The predicted octanol–water partition coefficient (Wildman–Crippen LogP) is 4.38. The molecule has 1 aliphatic heterocycles. The molecule has 1 saturated heterocycles. The third-order valence-corrected chi connectivity index (χ3v) is 5.78. The Hall–Kier alpha value is -0.830. The van der Waals surface area contributed by atoms with Crippen LogP contribution in [0.15, 0.2) is 24.3 Å². The molecule has 1 aliphatic carbocycles. The number of alkyl halides is 1. The molecule has 1 amide bonds. The Balaban J connectivity index is 1.63. The number of nitrogens with zero attached hydrogens (tertiary/aromatic N) is 1. The molecule has 108 valence electrons. The highest BCUT2D eigenvalue weighted by molar-refractivity contribution is 9.08. The van der Waals surface area contributed by atoms with Crippen LogP contribution in [0.25, 0.3) is 0 Å². The second kappa shape index (κ2) is 5.88. The van der Waals surface area contributed by atoms with E-state index in [0.717, 1.165) is 24.0 Å². The lowest BCUT2D eigenvalue weighted by atomic mass is 9.77. The molecule has 1 heterocycles. The van der Waals surface area contributed by atoms with Gasteiger partial charge in [0.1, 0.15) is 0 Å². The van der Waals surface area contributed by atoms with Crippen molar-refractivity contribution in [1.29, 1.82) is 0 Å². The van der Waals surface area contributed by atoms with Crippen molar-refractivity contribution in [1.82, 2.24) is 4.90 Å². The van der Waals surface area contributed by atoms with Gasteiger partial charge in [-0.2, -0.15) is 0 Å². The molecule has 0 bridgehead atoms. The summed E-state index contributed by atoms with van der Waals surface area (Å²) in [5.74, 6) is 0.207. The third-order valence-electron chi connectivity index (χ3n) is 5.13. The van der Waals surface area contributed by atoms with Crippen molar-refractivity contribution in [3.63, 3.8) is 0 Å². The van der Waals surface area contributed by atoms with Gasteiger partial charge in [0.15, 0.2) is 0 Å². The molecular weight excluding hydrogens is 314 g/mol. The Morgan fingerprint density at radius 1 is 1.05 bits per heavy atom. The summed E-state index contributed by atoms with van der Waals surface area (Å²) >= 11 is 3.43. The van der Waals surface area contributed by atoms with Gasteiger partial charge in [0.25, 0.3) is 5.91 Å². The minimum Gasteiger partial charge on any atom is -0.339 e. The zero-order valence-electron chi connectivity index (χ0n) is 11.9. The Morgan fingerprint density at radius 2 is 1.65 bits per heavy atom. The Kier molecular flexibility index (Phi) is 4.16. The lowest BCUT2D eigenvalue weighted by molar-refractivity contribution is 0.0587. The van der Waals surface area contributed by atoms with E-state index in [1.807, 2.05) is 29.2 Å². The van der Waals surface area contributed by atoms with Gasteiger partial charge in [-0.25, -0.2) is 0 Å². The van der Waals surface area contributed by atoms with Crippen molar-refractivity contribution >= 4 is 21.8 Å². The van der Waals surface area contributed by atoms with Gasteiger partial charge >= 0.3 is 0 Å². The van der Waals surface area contributed by atoms with Crippen LogP contribution in [0.3, 0.4) is 0 Å². The summed E-state index contributed by atoms with van der Waals surface area (Å²) in [6, 6.07) is 7.98. The zero-order chi connectivity index (χ0) is 14.0. The minimum absolute atomic E-state index is 0.207. The summed E-state index contributed by atoms with van der Waals surface area (Å²) in [7, 11) is 0. The van der Waals surface area contributed by atoms with E-state index >= 15 is 0 Å². The van der Waals surface area contributed by atoms with Crippen molar-refractivity contribution in [2.75, 3.05) is 13.1 Å². The van der Waals surface area contributed by atoms with Crippen LogP contribution in [0.4, 0.5) is 0 Å². The average Bonchev–Trinajstić information content (AvgIpc) is 2.96. The van der Waals surface area contributed by atoms with E-state index in [9.17, 15) is 4.79 Å². The number of benzene rings is 1. The molecule has 1 aromatic rings. The van der Waals surface area contributed by atoms with Gasteiger partial charge in [-0.3, -0.25) is 4.79 Å². The molecule has 0 N–H and O–H groups in total. The maximum absolute atomic E-state index is 12.5. The number of carbonyl (C=O) groups excluding carboxylic acids is 1. The smallest absolute Gasteiger partial charge is 0.253 e. The lowest BCUT2D eigenvalue weighted by Crippen LogP contribution is -2.42. The van der Waals surface area contributed by atoms with Gasteiger partial charge < -0.3 is 4.90 Å². The highest BCUT2D eigenvalue weighted by Gasteiger charge is 2.37. The quantitative estimate of drug-likeness (QED) is 0.734. The fourth-order valence-corrected chi connectivity index (χ4v) is 4.10. The van der Waals surface area contributed by atoms with Crippen LogP contribution in [-0.4, -0.2) is 23.9 Å². The second-order valence-corrected chi connectivity index (χ2v) is 6.89. The van der Waals surface area contributed by atoms with E-state index in [-0.39, 0.29) is 5.91 Å². The molecule has 2 aliphatic rings. The van der Waals surface area contributed by atoms with Crippen LogP contribution in [0.5, 0.6) is 0 Å². The first-order chi connectivity index (χ1) is 9.72. The molecule has 20 heavy (non-hydrogen) atoms. The number of halogens is 1. The van der Waals surface area contributed by atoms with Gasteiger partial charge in [0, 0.05) is 24.0 Å². The van der Waals surface area contributed by atoms with Crippen molar-refractivity contribution in [3.8, 4) is 0 Å². The Morgan fingerprint density at radius 3 is 2.20 bits per heavy atom. The standard InChI is InChI=1S/C17H22BrNO/c18-13-14-3-5-15(6-4-14)16(20)19-11-9-17(10-12-19)7-1-2-8-17/h3-6H,1-2,7-13H2. The number of hydrogen-bond acceptors (Lipinski definition) is 1. The molecule has 0 aromatic heterocycles. The van der Waals surface area contributed by atoms with Gasteiger partial charge in [0.05, 0.1) is 0 Å². The summed E-state index contributed by atoms with van der Waals surface area (Å²) in [4.78, 5) is 14.6. The average molecular weight is 336 g/mol. The Bertz CT molecular complexity index is 466. The fraction of sp³-hybridized carbons (Fsp3) is 0.588. The molecule has 3 heteroatoms. The highest BCUT2D eigenvalue weighted by atomic mass is 79.9. The van der Waals surface area contributed by atoms with E-state index < -0.39 is 0 Å². The van der Waals surface area contributed by atoms with Crippen LogP contribution in [0.2, 0.25) is 0 Å². The monoisotopic (exact) mass is 335 g/mol. The first kappa shape index (κ1) is 14.1. The summed E-state index contributed by atoms with van der Waals surface area (Å²) < 4.78 is 0. The zero-order valence-corrected chi connectivity index (χ0v) is 13.5. The van der Waals surface area contributed by atoms with Crippen molar-refractivity contribution in [2.24, 2.45) is 5.41 Å². The van der Waals surface area contributed by atoms with Crippen molar-refractivity contribution in [2.45, 2.75) is 43.9 Å². The Labute approximate surface area is 129 Å². The maximum Gasteiger partial charge on any atom is 0.253 e. The number of rotatable bonds is 2. The molecule has 2 fully saturated rings. The van der Waals surface area contributed by atoms with Gasteiger partial charge in [-0.05, 0) is 48.8 Å². The molecule has 1 saturated carbocycles. The largest absolute Gasteiger partial charge is 0.339 e. The van der Waals surface area contributed by atoms with Crippen LogP contribution < -0.4 is 0 Å². The van der Waals surface area contributed by atoms with Crippen LogP contribution in [0.1, 0.15) is 54.4 Å². The van der Waals surface area contributed by atoms with Crippen molar-refractivity contribution in [3.05, 3.63) is 35.4 Å². The molecule has 0 radical (unpaired) electrons. The van der Waals surface area contributed by atoms with E-state index in [4.69, 9.17) is 0 Å². The van der Waals surface area contributed by atoms with Crippen molar-refractivity contribution < 1.29 is 4.79 Å². The molecule has 1 spiro atoms. The summed E-state index contributed by atoms with van der Waals surface area (Å²) in [6.07, 6.45) is 7.96. The van der Waals surface area contributed by atoms with E-state index in [0.29, 0.717) is 5.41 Å². The highest BCUT2D eigenvalue weighted by Crippen LogP contribution is 2.46. The summed E-state index contributed by atoms with van der Waals surface area (Å²) in [6.45, 7) is 1.89. The first-order valence-corrected chi connectivity index (χ1v) is 8.79. The number of piperidine rings is 1. The van der Waals surface area contributed by atoms with E-state index in [2.05, 4.69) is 15.9 Å². The predicted molar refractivity (Wildman–Crippen MR) is 85.1 cm³/mol. The maximum atomic E-state index is 12.5. The topological polar surface area (TPSA) is 20.3 Å². The summed E-state index contributed by atoms with van der Waals surface area (Å²) in [5, 5.41) is 0.841. The molecule has 0 atom stereocenters. The SMILES string of the molecule is O=C(c1ccc(CBr)cc1)N1CCC2(CCCC2)CC1. The number of likely N-dealkylation sites (tertiary alicyclic amines) is 1. The second-order valence-electron chi connectivity index (χ2n) is 6.33. The molecule has 3 rings (SSSR count). The van der Waals surface area contributed by atoms with E-state index in [1.165, 1.54) is 44.1 Å². The number of carbonyl (C=O) groups is 1. The van der Waals surface area contributed by atoms with Gasteiger partial charge in [-0.15, -0.1) is 0 Å². The molecule has 2 nitrogen and oxygen atoms in total. The number of amides is 1. The molecule has 1 aromatic carbocycles.